The highest BCUT2D eigenvalue weighted by molar-refractivity contribution is 5.39. The SMILES string of the molecule is CCC(C)(C)c1ccc(C#N)c(C(C)(C)C)n1. The average molecular weight is 230 g/mol. The first-order valence-electron chi connectivity index (χ1n) is 6.14. The number of nitriles is 1. The maximum atomic E-state index is 9.14. The quantitative estimate of drug-likeness (QED) is 0.771. The van der Waals surface area contributed by atoms with Gasteiger partial charge in [0.25, 0.3) is 0 Å². The minimum Gasteiger partial charge on any atom is -0.255 e. The molecule has 0 aliphatic carbocycles. The van der Waals surface area contributed by atoms with E-state index in [1.54, 1.807) is 0 Å². The van der Waals surface area contributed by atoms with Gasteiger partial charge in [0.05, 0.1) is 11.3 Å². The van der Waals surface area contributed by atoms with Gasteiger partial charge in [-0.1, -0.05) is 41.5 Å². The van der Waals surface area contributed by atoms with Crippen molar-refractivity contribution in [2.45, 2.75) is 58.8 Å². The van der Waals surface area contributed by atoms with Crippen molar-refractivity contribution in [3.63, 3.8) is 0 Å². The van der Waals surface area contributed by atoms with Crippen LogP contribution in [0.3, 0.4) is 0 Å². The molecule has 0 aromatic carbocycles. The Morgan fingerprint density at radius 1 is 1.18 bits per heavy atom. The Labute approximate surface area is 105 Å². The molecule has 0 atom stereocenters. The Bertz CT molecular complexity index is 445. The molecule has 1 heterocycles. The molecule has 0 N–H and O–H groups in total. The van der Waals surface area contributed by atoms with E-state index in [1.807, 2.05) is 12.1 Å². The van der Waals surface area contributed by atoms with Crippen LogP contribution in [0.2, 0.25) is 0 Å². The zero-order valence-corrected chi connectivity index (χ0v) is 11.8. The lowest BCUT2D eigenvalue weighted by atomic mass is 9.83. The molecule has 2 nitrogen and oxygen atoms in total. The monoisotopic (exact) mass is 230 g/mol. The Balaban J connectivity index is 3.39. The largest absolute Gasteiger partial charge is 0.255 e. The van der Waals surface area contributed by atoms with Crippen molar-refractivity contribution >= 4 is 0 Å². The smallest absolute Gasteiger partial charge is 0.101 e. The van der Waals surface area contributed by atoms with E-state index in [0.29, 0.717) is 5.56 Å². The summed E-state index contributed by atoms with van der Waals surface area (Å²) in [6.07, 6.45) is 1.04. The predicted molar refractivity (Wildman–Crippen MR) is 71.0 cm³/mol. The Hall–Kier alpha value is -1.36. The van der Waals surface area contributed by atoms with E-state index in [1.165, 1.54) is 0 Å². The second kappa shape index (κ2) is 4.49. The van der Waals surface area contributed by atoms with Gasteiger partial charge < -0.3 is 0 Å². The van der Waals surface area contributed by atoms with Crippen molar-refractivity contribution in [1.82, 2.24) is 4.98 Å². The number of nitrogens with zero attached hydrogens (tertiary/aromatic N) is 2. The molecular weight excluding hydrogens is 208 g/mol. The highest BCUT2D eigenvalue weighted by Gasteiger charge is 2.25. The van der Waals surface area contributed by atoms with E-state index in [9.17, 15) is 0 Å². The van der Waals surface area contributed by atoms with E-state index in [-0.39, 0.29) is 10.8 Å². The Morgan fingerprint density at radius 3 is 2.18 bits per heavy atom. The van der Waals surface area contributed by atoms with Crippen LogP contribution in [0.5, 0.6) is 0 Å². The molecule has 0 saturated carbocycles. The fourth-order valence-corrected chi connectivity index (χ4v) is 1.68. The van der Waals surface area contributed by atoms with E-state index in [2.05, 4.69) is 47.6 Å². The zero-order valence-electron chi connectivity index (χ0n) is 11.8. The van der Waals surface area contributed by atoms with Gasteiger partial charge in [0.1, 0.15) is 6.07 Å². The van der Waals surface area contributed by atoms with Gasteiger partial charge in [-0.15, -0.1) is 0 Å². The van der Waals surface area contributed by atoms with E-state index in [4.69, 9.17) is 10.2 Å². The number of rotatable bonds is 2. The van der Waals surface area contributed by atoms with E-state index in [0.717, 1.165) is 17.8 Å². The van der Waals surface area contributed by atoms with Gasteiger partial charge in [-0.25, -0.2) is 0 Å². The van der Waals surface area contributed by atoms with Crippen LogP contribution in [0.25, 0.3) is 0 Å². The van der Waals surface area contributed by atoms with Crippen LogP contribution < -0.4 is 0 Å². The highest BCUT2D eigenvalue weighted by Crippen LogP contribution is 2.29. The molecule has 0 fully saturated rings. The molecule has 0 aliphatic heterocycles. The summed E-state index contributed by atoms with van der Waals surface area (Å²) in [7, 11) is 0. The van der Waals surface area contributed by atoms with Gasteiger partial charge in [0.15, 0.2) is 0 Å². The summed E-state index contributed by atoms with van der Waals surface area (Å²) < 4.78 is 0. The molecule has 2 heteroatoms. The summed E-state index contributed by atoms with van der Waals surface area (Å²) in [5.74, 6) is 0. The summed E-state index contributed by atoms with van der Waals surface area (Å²) in [6.45, 7) is 12.8. The van der Waals surface area contributed by atoms with Gasteiger partial charge in [-0.3, -0.25) is 4.98 Å². The lowest BCUT2D eigenvalue weighted by molar-refractivity contribution is 0.478. The predicted octanol–water partition coefficient (Wildman–Crippen LogP) is 3.94. The van der Waals surface area contributed by atoms with Crippen molar-refractivity contribution < 1.29 is 0 Å². The summed E-state index contributed by atoms with van der Waals surface area (Å²) in [6, 6.07) is 6.12. The molecule has 0 aliphatic rings. The highest BCUT2D eigenvalue weighted by atomic mass is 14.8. The molecule has 17 heavy (non-hydrogen) atoms. The minimum absolute atomic E-state index is 0.0635. The number of hydrogen-bond donors (Lipinski definition) is 0. The van der Waals surface area contributed by atoms with Crippen LogP contribution in [-0.2, 0) is 10.8 Å². The first kappa shape index (κ1) is 13.7. The molecule has 0 amide bonds. The Kier molecular flexibility index (Phi) is 3.62. The number of aromatic nitrogens is 1. The zero-order chi connectivity index (χ0) is 13.3. The Morgan fingerprint density at radius 2 is 1.76 bits per heavy atom. The fraction of sp³-hybridized carbons (Fsp3) is 0.600. The second-order valence-corrected chi connectivity index (χ2v) is 6.19. The van der Waals surface area contributed by atoms with Crippen LogP contribution in [0, 0.1) is 11.3 Å². The van der Waals surface area contributed by atoms with Gasteiger partial charge in [-0.2, -0.15) is 5.26 Å². The van der Waals surface area contributed by atoms with Crippen LogP contribution in [0.4, 0.5) is 0 Å². The van der Waals surface area contributed by atoms with E-state index < -0.39 is 0 Å². The summed E-state index contributed by atoms with van der Waals surface area (Å²) in [5.41, 5.74) is 2.63. The van der Waals surface area contributed by atoms with Crippen LogP contribution in [-0.4, -0.2) is 4.98 Å². The van der Waals surface area contributed by atoms with Crippen LogP contribution in [0.1, 0.15) is 64.9 Å². The van der Waals surface area contributed by atoms with Crippen molar-refractivity contribution in [3.8, 4) is 6.07 Å². The fourth-order valence-electron chi connectivity index (χ4n) is 1.68. The lowest BCUT2D eigenvalue weighted by Gasteiger charge is -2.26. The molecule has 1 rings (SSSR count). The summed E-state index contributed by atoms with van der Waals surface area (Å²) in [4.78, 5) is 4.73. The maximum absolute atomic E-state index is 9.14. The average Bonchev–Trinajstić information content (AvgIpc) is 2.27. The first-order chi connectivity index (χ1) is 7.72. The van der Waals surface area contributed by atoms with Crippen LogP contribution in [0.15, 0.2) is 12.1 Å². The van der Waals surface area contributed by atoms with Crippen molar-refractivity contribution in [3.05, 3.63) is 29.1 Å². The third kappa shape index (κ3) is 2.85. The molecule has 92 valence electrons. The number of hydrogen-bond acceptors (Lipinski definition) is 2. The summed E-state index contributed by atoms with van der Waals surface area (Å²) >= 11 is 0. The van der Waals surface area contributed by atoms with E-state index >= 15 is 0 Å². The molecule has 0 bridgehead atoms. The van der Waals surface area contributed by atoms with Gasteiger partial charge >= 0.3 is 0 Å². The third-order valence-electron chi connectivity index (χ3n) is 3.30. The van der Waals surface area contributed by atoms with Crippen molar-refractivity contribution in [1.29, 1.82) is 5.26 Å². The van der Waals surface area contributed by atoms with Gasteiger partial charge in [-0.05, 0) is 18.6 Å². The molecule has 0 saturated heterocycles. The summed E-state index contributed by atoms with van der Waals surface area (Å²) in [5, 5.41) is 9.14. The molecule has 0 radical (unpaired) electrons. The van der Waals surface area contributed by atoms with Crippen molar-refractivity contribution in [2.75, 3.05) is 0 Å². The van der Waals surface area contributed by atoms with Crippen molar-refractivity contribution in [2.24, 2.45) is 0 Å². The first-order valence-corrected chi connectivity index (χ1v) is 6.14. The molecule has 1 aromatic heterocycles. The van der Waals surface area contributed by atoms with Gasteiger partial charge in [0.2, 0.25) is 0 Å². The molecule has 0 unspecified atom stereocenters. The number of pyridine rings is 1. The lowest BCUT2D eigenvalue weighted by Crippen LogP contribution is -2.22. The topological polar surface area (TPSA) is 36.7 Å². The minimum atomic E-state index is -0.0924. The standard InChI is InChI=1S/C15H22N2/c1-7-15(5,6)12-9-8-11(10-16)13(17-12)14(2,3)4/h8-9H,7H2,1-6H3. The third-order valence-corrected chi connectivity index (χ3v) is 3.30. The molecular formula is C15H22N2. The maximum Gasteiger partial charge on any atom is 0.101 e. The normalized spacial score (nSPS) is 12.3. The molecule has 1 aromatic rings. The van der Waals surface area contributed by atoms with Gasteiger partial charge in [0, 0.05) is 16.5 Å². The second-order valence-electron chi connectivity index (χ2n) is 6.19. The molecule has 0 spiro atoms. The van der Waals surface area contributed by atoms with Crippen LogP contribution >= 0.6 is 0 Å².